The number of aryl methyl sites for hydroxylation is 1. The summed E-state index contributed by atoms with van der Waals surface area (Å²) in [6.07, 6.45) is 2.68. The lowest BCUT2D eigenvalue weighted by atomic mass is 10.0. The highest BCUT2D eigenvalue weighted by Crippen LogP contribution is 2.13. The van der Waals surface area contributed by atoms with Crippen molar-refractivity contribution in [1.82, 2.24) is 30.3 Å². The molecule has 1 unspecified atom stereocenters. The Labute approximate surface area is 180 Å². The largest absolute Gasteiger partial charge is 0.379 e. The van der Waals surface area contributed by atoms with Gasteiger partial charge in [0.05, 0.1) is 19.8 Å². The molecule has 156 valence electrons. The fourth-order valence-electron chi connectivity index (χ4n) is 3.22. The lowest BCUT2D eigenvalue weighted by molar-refractivity contribution is 0.00867. The molecule has 1 fully saturated rings. The van der Waals surface area contributed by atoms with Gasteiger partial charge in [-0.05, 0) is 12.8 Å². The Balaban J connectivity index is 0.00000364. The van der Waals surface area contributed by atoms with E-state index in [2.05, 4.69) is 58.0 Å². The van der Waals surface area contributed by atoms with Crippen LogP contribution in [0.1, 0.15) is 33.5 Å². The molecule has 1 saturated heterocycles. The van der Waals surface area contributed by atoms with Gasteiger partial charge >= 0.3 is 0 Å². The van der Waals surface area contributed by atoms with E-state index in [9.17, 15) is 0 Å². The first-order valence-corrected chi connectivity index (χ1v) is 9.86. The molecule has 0 aromatic carbocycles. The Morgan fingerprint density at radius 1 is 1.26 bits per heavy atom. The average molecular weight is 493 g/mol. The number of aromatic nitrogens is 3. The Morgan fingerprint density at radius 3 is 2.63 bits per heavy atom. The molecule has 1 aromatic heterocycles. The van der Waals surface area contributed by atoms with Crippen molar-refractivity contribution in [3.63, 3.8) is 0 Å². The summed E-state index contributed by atoms with van der Waals surface area (Å²) in [6, 6.07) is 0.443. The van der Waals surface area contributed by atoms with Crippen LogP contribution in [0.5, 0.6) is 0 Å². The van der Waals surface area contributed by atoms with Gasteiger partial charge < -0.3 is 19.9 Å². The van der Waals surface area contributed by atoms with Crippen molar-refractivity contribution >= 4 is 29.9 Å². The number of aliphatic imine (C=N–C) groups is 1. The Bertz CT molecular complexity index is 544. The average Bonchev–Trinajstić information content (AvgIpc) is 3.10. The summed E-state index contributed by atoms with van der Waals surface area (Å²) in [7, 11) is 0. The predicted octanol–water partition coefficient (Wildman–Crippen LogP) is 1.37. The molecule has 2 heterocycles. The van der Waals surface area contributed by atoms with Crippen molar-refractivity contribution in [2.75, 3.05) is 45.9 Å². The summed E-state index contributed by atoms with van der Waals surface area (Å²) in [5.74, 6) is 2.45. The first-order chi connectivity index (χ1) is 12.7. The number of nitrogens with zero attached hydrogens (tertiary/aromatic N) is 5. The standard InChI is InChI=1S/C18H35N7O.HI/c1-5-17-23-22-14-25(17)8-7-20-18(19-6-2)21-13-16(15(3)4)24-9-11-26-12-10-24;/h14-16H,5-13H2,1-4H3,(H2,19,20,21);1H. The van der Waals surface area contributed by atoms with Gasteiger partial charge in [0, 0.05) is 45.2 Å². The monoisotopic (exact) mass is 493 g/mol. The minimum atomic E-state index is 0. The van der Waals surface area contributed by atoms with Crippen molar-refractivity contribution in [2.45, 2.75) is 46.7 Å². The minimum absolute atomic E-state index is 0. The molecule has 1 atom stereocenters. The quantitative estimate of drug-likeness (QED) is 0.308. The maximum absolute atomic E-state index is 5.49. The molecule has 0 saturated carbocycles. The van der Waals surface area contributed by atoms with Gasteiger partial charge in [0.2, 0.25) is 0 Å². The van der Waals surface area contributed by atoms with Crippen molar-refractivity contribution in [1.29, 1.82) is 0 Å². The molecular formula is C18H36IN7O. The van der Waals surface area contributed by atoms with Gasteiger partial charge in [-0.1, -0.05) is 20.8 Å². The van der Waals surface area contributed by atoms with Crippen LogP contribution < -0.4 is 10.6 Å². The van der Waals surface area contributed by atoms with E-state index in [0.29, 0.717) is 12.0 Å². The lowest BCUT2D eigenvalue weighted by Gasteiger charge is -2.36. The summed E-state index contributed by atoms with van der Waals surface area (Å²) in [5, 5.41) is 14.9. The van der Waals surface area contributed by atoms with Crippen LogP contribution in [0.15, 0.2) is 11.3 Å². The van der Waals surface area contributed by atoms with E-state index in [1.54, 1.807) is 6.33 Å². The second-order valence-corrected chi connectivity index (χ2v) is 6.90. The number of rotatable bonds is 9. The molecule has 0 amide bonds. The summed E-state index contributed by atoms with van der Waals surface area (Å²) in [5.41, 5.74) is 0. The molecule has 0 radical (unpaired) electrons. The van der Waals surface area contributed by atoms with Gasteiger partial charge in [0.15, 0.2) is 5.96 Å². The number of nitrogens with one attached hydrogen (secondary N) is 2. The summed E-state index contributed by atoms with van der Waals surface area (Å²) in [4.78, 5) is 7.35. The molecule has 1 aliphatic rings. The molecule has 9 heteroatoms. The molecule has 2 N–H and O–H groups in total. The number of hydrogen-bond acceptors (Lipinski definition) is 5. The van der Waals surface area contributed by atoms with Crippen molar-refractivity contribution < 1.29 is 4.74 Å². The van der Waals surface area contributed by atoms with E-state index in [1.807, 2.05) is 0 Å². The van der Waals surface area contributed by atoms with Gasteiger partial charge in [-0.2, -0.15) is 0 Å². The molecular weight excluding hydrogens is 457 g/mol. The zero-order chi connectivity index (χ0) is 18.8. The van der Waals surface area contributed by atoms with Crippen LogP contribution in [-0.2, 0) is 17.7 Å². The number of hydrogen-bond donors (Lipinski definition) is 2. The molecule has 0 spiro atoms. The second kappa shape index (κ2) is 13.3. The van der Waals surface area contributed by atoms with Gasteiger partial charge in [-0.15, -0.1) is 34.2 Å². The van der Waals surface area contributed by atoms with Gasteiger partial charge in [0.1, 0.15) is 12.2 Å². The molecule has 8 nitrogen and oxygen atoms in total. The highest BCUT2D eigenvalue weighted by molar-refractivity contribution is 14.0. The van der Waals surface area contributed by atoms with Crippen LogP contribution in [-0.4, -0.2) is 77.6 Å². The maximum atomic E-state index is 5.49. The van der Waals surface area contributed by atoms with Crippen LogP contribution in [0.3, 0.4) is 0 Å². The van der Waals surface area contributed by atoms with E-state index >= 15 is 0 Å². The summed E-state index contributed by atoms with van der Waals surface area (Å²) >= 11 is 0. The van der Waals surface area contributed by atoms with Crippen molar-refractivity contribution in [3.05, 3.63) is 12.2 Å². The molecule has 27 heavy (non-hydrogen) atoms. The van der Waals surface area contributed by atoms with E-state index in [0.717, 1.165) is 70.7 Å². The van der Waals surface area contributed by atoms with Crippen LogP contribution in [0, 0.1) is 5.92 Å². The number of halogens is 1. The fourth-order valence-corrected chi connectivity index (χ4v) is 3.22. The summed E-state index contributed by atoms with van der Waals surface area (Å²) < 4.78 is 7.57. The lowest BCUT2D eigenvalue weighted by Crippen LogP contribution is -2.48. The maximum Gasteiger partial charge on any atom is 0.191 e. The highest BCUT2D eigenvalue weighted by Gasteiger charge is 2.23. The zero-order valence-electron chi connectivity index (χ0n) is 17.1. The third-order valence-corrected chi connectivity index (χ3v) is 4.72. The van der Waals surface area contributed by atoms with Crippen molar-refractivity contribution in [3.8, 4) is 0 Å². The van der Waals surface area contributed by atoms with Gasteiger partial charge in [-0.25, -0.2) is 0 Å². The van der Waals surface area contributed by atoms with E-state index in [-0.39, 0.29) is 24.0 Å². The molecule has 1 aliphatic heterocycles. The number of guanidine groups is 1. The first-order valence-electron chi connectivity index (χ1n) is 9.86. The van der Waals surface area contributed by atoms with Crippen LogP contribution >= 0.6 is 24.0 Å². The zero-order valence-corrected chi connectivity index (χ0v) is 19.5. The molecule has 2 rings (SSSR count). The molecule has 1 aromatic rings. The van der Waals surface area contributed by atoms with Crippen molar-refractivity contribution in [2.24, 2.45) is 10.9 Å². The topological polar surface area (TPSA) is 79.6 Å². The van der Waals surface area contributed by atoms with Crippen LogP contribution in [0.4, 0.5) is 0 Å². The molecule has 0 aliphatic carbocycles. The molecule has 0 bridgehead atoms. The number of morpholine rings is 1. The Morgan fingerprint density at radius 2 is 2.00 bits per heavy atom. The SMILES string of the molecule is CCNC(=NCC(C(C)C)N1CCOCC1)NCCn1cnnc1CC.I. The van der Waals surface area contributed by atoms with Gasteiger partial charge in [0.25, 0.3) is 0 Å². The minimum Gasteiger partial charge on any atom is -0.379 e. The predicted molar refractivity (Wildman–Crippen MR) is 120 cm³/mol. The first kappa shape index (κ1) is 24.1. The smallest absolute Gasteiger partial charge is 0.191 e. The normalized spacial score (nSPS) is 16.9. The van der Waals surface area contributed by atoms with Crippen LogP contribution in [0.25, 0.3) is 0 Å². The van der Waals surface area contributed by atoms with E-state index < -0.39 is 0 Å². The number of ether oxygens (including phenoxy) is 1. The van der Waals surface area contributed by atoms with Crippen LogP contribution in [0.2, 0.25) is 0 Å². The summed E-state index contributed by atoms with van der Waals surface area (Å²) in [6.45, 7) is 15.6. The Hall–Kier alpha value is -0.940. The van der Waals surface area contributed by atoms with Gasteiger partial charge in [-0.3, -0.25) is 9.89 Å². The third-order valence-electron chi connectivity index (χ3n) is 4.72. The second-order valence-electron chi connectivity index (χ2n) is 6.90. The fraction of sp³-hybridized carbons (Fsp3) is 0.833. The van der Waals surface area contributed by atoms with E-state index in [4.69, 9.17) is 9.73 Å². The highest BCUT2D eigenvalue weighted by atomic mass is 127. The Kier molecular flexibility index (Phi) is 11.8. The third kappa shape index (κ3) is 7.90. The van der Waals surface area contributed by atoms with E-state index in [1.165, 1.54) is 0 Å².